The van der Waals surface area contributed by atoms with Gasteiger partial charge in [-0.25, -0.2) is 9.98 Å². The summed E-state index contributed by atoms with van der Waals surface area (Å²) in [5, 5.41) is 0.631. The van der Waals surface area contributed by atoms with Crippen LogP contribution in [-0.2, 0) is 12.8 Å². The fourth-order valence-corrected chi connectivity index (χ4v) is 3.64. The van der Waals surface area contributed by atoms with Crippen LogP contribution in [0.5, 0.6) is 11.6 Å². The molecule has 1 atom stereocenters. The maximum Gasteiger partial charge on any atom is 0.228 e. The van der Waals surface area contributed by atoms with Gasteiger partial charge < -0.3 is 14.4 Å². The van der Waals surface area contributed by atoms with Crippen LogP contribution in [0, 0.1) is 6.92 Å². The van der Waals surface area contributed by atoms with E-state index in [-0.39, 0.29) is 6.10 Å². The first kappa shape index (κ1) is 20.0. The van der Waals surface area contributed by atoms with E-state index in [0.717, 1.165) is 35.2 Å². The lowest BCUT2D eigenvalue weighted by Gasteiger charge is -2.15. The number of methoxy groups -OCH3 is 1. The Morgan fingerprint density at radius 1 is 1.33 bits per heavy atom. The quantitative estimate of drug-likeness (QED) is 0.458. The van der Waals surface area contributed by atoms with Crippen molar-refractivity contribution in [2.75, 3.05) is 20.7 Å². The number of nitrogens with zero attached hydrogens (tertiary/aromatic N) is 3. The number of aliphatic imine (C=N–C) groups is 1. The first-order valence-corrected chi connectivity index (χ1v) is 10.0. The summed E-state index contributed by atoms with van der Waals surface area (Å²) in [5.74, 6) is 1.29. The molecule has 0 N–H and O–H groups in total. The van der Waals surface area contributed by atoms with Gasteiger partial charge in [0.05, 0.1) is 34.3 Å². The summed E-state index contributed by atoms with van der Waals surface area (Å²) in [4.78, 5) is 11.1. The molecule has 0 bridgehead atoms. The Bertz CT molecular complexity index is 873. The Labute approximate surface area is 173 Å². The van der Waals surface area contributed by atoms with E-state index < -0.39 is 0 Å². The first-order chi connectivity index (χ1) is 12.9. The third kappa shape index (κ3) is 4.55. The molecule has 1 heterocycles. The van der Waals surface area contributed by atoms with E-state index in [1.165, 1.54) is 11.1 Å². The minimum Gasteiger partial charge on any atom is -0.495 e. The van der Waals surface area contributed by atoms with Crippen molar-refractivity contribution >= 4 is 39.6 Å². The van der Waals surface area contributed by atoms with Gasteiger partial charge in [0, 0.05) is 26.4 Å². The first-order valence-electron chi connectivity index (χ1n) is 8.84. The lowest BCUT2D eigenvalue weighted by atomic mass is 10.1. The molecule has 144 valence electrons. The van der Waals surface area contributed by atoms with Crippen LogP contribution in [0.2, 0.25) is 5.02 Å². The predicted molar refractivity (Wildman–Crippen MR) is 113 cm³/mol. The Morgan fingerprint density at radius 3 is 2.70 bits per heavy atom. The van der Waals surface area contributed by atoms with Crippen LogP contribution >= 0.6 is 27.5 Å². The summed E-state index contributed by atoms with van der Waals surface area (Å²) in [6.45, 7) is 4.91. The maximum atomic E-state index is 6.24. The van der Waals surface area contributed by atoms with Crippen LogP contribution < -0.4 is 9.47 Å². The smallest absolute Gasteiger partial charge is 0.228 e. The summed E-state index contributed by atoms with van der Waals surface area (Å²) in [6, 6.07) is 5.91. The molecule has 27 heavy (non-hydrogen) atoms. The van der Waals surface area contributed by atoms with Gasteiger partial charge in [0.1, 0.15) is 11.9 Å². The van der Waals surface area contributed by atoms with Gasteiger partial charge in [-0.1, -0.05) is 11.6 Å². The number of aromatic nitrogens is 1. The van der Waals surface area contributed by atoms with Gasteiger partial charge in [-0.3, -0.25) is 0 Å². The lowest BCUT2D eigenvalue weighted by molar-refractivity contribution is 0.203. The molecule has 0 aliphatic heterocycles. The molecule has 7 heteroatoms. The van der Waals surface area contributed by atoms with Crippen LogP contribution in [0.1, 0.15) is 23.7 Å². The number of fused-ring (bicyclic) bond motifs is 1. The Balaban J connectivity index is 1.75. The van der Waals surface area contributed by atoms with E-state index in [1.54, 1.807) is 7.11 Å². The van der Waals surface area contributed by atoms with Gasteiger partial charge in [-0.2, -0.15) is 0 Å². The van der Waals surface area contributed by atoms with Gasteiger partial charge >= 0.3 is 0 Å². The summed E-state index contributed by atoms with van der Waals surface area (Å²) in [7, 11) is 3.61. The van der Waals surface area contributed by atoms with Gasteiger partial charge in [-0.15, -0.1) is 0 Å². The fraction of sp³-hybridized carbons (Fsp3) is 0.400. The molecular weight excluding hydrogens is 430 g/mol. The number of hydrogen-bond acceptors (Lipinski definition) is 4. The number of rotatable bonds is 6. The molecule has 1 unspecified atom stereocenters. The molecule has 3 rings (SSSR count). The molecule has 0 amide bonds. The maximum absolute atomic E-state index is 6.24. The fourth-order valence-electron chi connectivity index (χ4n) is 2.98. The second-order valence-electron chi connectivity index (χ2n) is 6.60. The highest BCUT2D eigenvalue weighted by atomic mass is 79.9. The van der Waals surface area contributed by atoms with Crippen LogP contribution in [0.4, 0.5) is 5.69 Å². The van der Waals surface area contributed by atoms with E-state index in [2.05, 4.69) is 32.8 Å². The highest BCUT2D eigenvalue weighted by Crippen LogP contribution is 2.36. The number of hydrogen-bond donors (Lipinski definition) is 0. The van der Waals surface area contributed by atoms with Crippen molar-refractivity contribution in [2.24, 2.45) is 4.99 Å². The molecular formula is C20H23BrClN3O2. The molecule has 0 spiro atoms. The van der Waals surface area contributed by atoms with Crippen molar-refractivity contribution in [3.05, 3.63) is 44.5 Å². The van der Waals surface area contributed by atoms with E-state index in [4.69, 9.17) is 21.1 Å². The number of aryl methyl sites for hydroxylation is 1. The number of benzene rings is 1. The minimum absolute atomic E-state index is 0.0203. The molecule has 1 aromatic carbocycles. The largest absolute Gasteiger partial charge is 0.495 e. The summed E-state index contributed by atoms with van der Waals surface area (Å²) in [5.41, 5.74) is 4.05. The van der Waals surface area contributed by atoms with Crippen LogP contribution in [0.15, 0.2) is 27.7 Å². The van der Waals surface area contributed by atoms with Crippen molar-refractivity contribution in [3.8, 4) is 11.6 Å². The standard InChI is InChI=1S/C20H23BrClN3O2/c1-5-25(3)11-23-18-10-16(21)20(24-12(18)2)27-15-6-13-8-17(22)19(26-4)9-14(13)7-15/h8-11,15H,5-7H2,1-4H3/b23-11+. The molecule has 0 saturated carbocycles. The third-order valence-electron chi connectivity index (χ3n) is 4.65. The normalized spacial score (nSPS) is 15.9. The third-order valence-corrected chi connectivity index (χ3v) is 5.51. The zero-order valence-corrected chi connectivity index (χ0v) is 18.3. The minimum atomic E-state index is 0.0203. The second-order valence-corrected chi connectivity index (χ2v) is 7.86. The number of pyridine rings is 1. The lowest BCUT2D eigenvalue weighted by Crippen LogP contribution is -2.17. The van der Waals surface area contributed by atoms with Crippen molar-refractivity contribution in [1.82, 2.24) is 9.88 Å². The molecule has 1 aliphatic carbocycles. The van der Waals surface area contributed by atoms with Crippen molar-refractivity contribution in [2.45, 2.75) is 32.8 Å². The van der Waals surface area contributed by atoms with E-state index >= 15 is 0 Å². The molecule has 1 aromatic heterocycles. The van der Waals surface area contributed by atoms with Gasteiger partial charge in [0.2, 0.25) is 5.88 Å². The van der Waals surface area contributed by atoms with Gasteiger partial charge in [-0.05, 0) is 59.1 Å². The Kier molecular flexibility index (Phi) is 6.27. The monoisotopic (exact) mass is 451 g/mol. The van der Waals surface area contributed by atoms with Crippen molar-refractivity contribution in [1.29, 1.82) is 0 Å². The van der Waals surface area contributed by atoms with Crippen molar-refractivity contribution in [3.63, 3.8) is 0 Å². The molecule has 0 radical (unpaired) electrons. The highest BCUT2D eigenvalue weighted by molar-refractivity contribution is 9.10. The molecule has 1 aliphatic rings. The molecule has 2 aromatic rings. The van der Waals surface area contributed by atoms with Crippen molar-refractivity contribution < 1.29 is 9.47 Å². The van der Waals surface area contributed by atoms with Crippen LogP contribution in [0.3, 0.4) is 0 Å². The van der Waals surface area contributed by atoms with Gasteiger partial charge in [0.15, 0.2) is 0 Å². The average molecular weight is 453 g/mol. The van der Waals surface area contributed by atoms with E-state index in [1.807, 2.05) is 43.4 Å². The number of halogens is 2. The van der Waals surface area contributed by atoms with E-state index in [9.17, 15) is 0 Å². The molecule has 0 fully saturated rings. The summed E-state index contributed by atoms with van der Waals surface area (Å²) in [6.07, 6.45) is 3.43. The van der Waals surface area contributed by atoms with Gasteiger partial charge in [0.25, 0.3) is 0 Å². The summed E-state index contributed by atoms with van der Waals surface area (Å²) >= 11 is 9.81. The zero-order chi connectivity index (χ0) is 19.6. The molecule has 0 saturated heterocycles. The number of ether oxygens (including phenoxy) is 2. The van der Waals surface area contributed by atoms with E-state index in [0.29, 0.717) is 16.7 Å². The second kappa shape index (κ2) is 8.48. The predicted octanol–water partition coefficient (Wildman–Crippen LogP) is 4.97. The van der Waals surface area contributed by atoms with Crippen LogP contribution in [0.25, 0.3) is 0 Å². The highest BCUT2D eigenvalue weighted by Gasteiger charge is 2.26. The summed E-state index contributed by atoms with van der Waals surface area (Å²) < 4.78 is 12.3. The Morgan fingerprint density at radius 2 is 2.04 bits per heavy atom. The molecule has 5 nitrogen and oxygen atoms in total. The average Bonchev–Trinajstić information content (AvgIpc) is 3.03. The van der Waals surface area contributed by atoms with Crippen LogP contribution in [-0.4, -0.2) is 43.0 Å². The zero-order valence-electron chi connectivity index (χ0n) is 15.9. The SMILES string of the molecule is CCN(C)/C=N/c1cc(Br)c(OC2Cc3cc(Cl)c(OC)cc3C2)nc1C. The topological polar surface area (TPSA) is 47.0 Å². The Hall–Kier alpha value is -1.79.